The molecule has 0 aliphatic rings. The number of nitrogens with one attached hydrogen (secondary N) is 1. The molecule has 20 heavy (non-hydrogen) atoms. The zero-order chi connectivity index (χ0) is 14.7. The fourth-order valence-corrected chi connectivity index (χ4v) is 2.34. The van der Waals surface area contributed by atoms with Crippen LogP contribution in [0, 0.1) is 6.92 Å². The number of benzene rings is 2. The monoisotopic (exact) mass is 309 g/mol. The van der Waals surface area contributed by atoms with E-state index in [0.717, 1.165) is 5.56 Å². The van der Waals surface area contributed by atoms with Gasteiger partial charge in [-0.15, -0.1) is 0 Å². The van der Waals surface area contributed by atoms with Gasteiger partial charge in [-0.25, -0.2) is 0 Å². The Balaban J connectivity index is 2.31. The van der Waals surface area contributed by atoms with Gasteiger partial charge >= 0.3 is 0 Å². The number of ether oxygens (including phenoxy) is 1. The number of rotatable bonds is 3. The van der Waals surface area contributed by atoms with E-state index in [4.69, 9.17) is 27.9 Å². The Kier molecular flexibility index (Phi) is 4.53. The molecule has 2 aromatic carbocycles. The summed E-state index contributed by atoms with van der Waals surface area (Å²) in [6, 6.07) is 10.3. The van der Waals surface area contributed by atoms with E-state index in [1.165, 1.54) is 7.11 Å². The molecule has 2 rings (SSSR count). The number of amides is 1. The van der Waals surface area contributed by atoms with Gasteiger partial charge in [0.1, 0.15) is 5.75 Å². The van der Waals surface area contributed by atoms with Gasteiger partial charge in [0, 0.05) is 5.02 Å². The molecular weight excluding hydrogens is 297 g/mol. The lowest BCUT2D eigenvalue weighted by molar-refractivity contribution is 0.102. The zero-order valence-electron chi connectivity index (χ0n) is 11.0. The Morgan fingerprint density at radius 2 is 1.95 bits per heavy atom. The van der Waals surface area contributed by atoms with Crippen molar-refractivity contribution in [1.82, 2.24) is 0 Å². The Hall–Kier alpha value is -1.71. The summed E-state index contributed by atoms with van der Waals surface area (Å²) < 4.78 is 5.27. The molecule has 1 N–H and O–H groups in total. The van der Waals surface area contributed by atoms with Crippen LogP contribution in [0.2, 0.25) is 10.0 Å². The second kappa shape index (κ2) is 6.16. The molecule has 3 nitrogen and oxygen atoms in total. The molecule has 0 bridgehead atoms. The van der Waals surface area contributed by atoms with Crippen molar-refractivity contribution >= 4 is 34.8 Å². The van der Waals surface area contributed by atoms with Crippen molar-refractivity contribution in [3.63, 3.8) is 0 Å². The van der Waals surface area contributed by atoms with Gasteiger partial charge in [-0.2, -0.15) is 0 Å². The molecule has 0 heterocycles. The lowest BCUT2D eigenvalue weighted by Crippen LogP contribution is -2.14. The predicted octanol–water partition coefficient (Wildman–Crippen LogP) is 4.56. The van der Waals surface area contributed by atoms with E-state index < -0.39 is 0 Å². The number of carbonyl (C=O) groups excluding carboxylic acids is 1. The molecule has 104 valence electrons. The van der Waals surface area contributed by atoms with E-state index in [1.54, 1.807) is 30.3 Å². The van der Waals surface area contributed by atoms with Gasteiger partial charge in [0.05, 0.1) is 23.4 Å². The Bertz CT molecular complexity index is 656. The van der Waals surface area contributed by atoms with Crippen molar-refractivity contribution in [2.75, 3.05) is 12.4 Å². The first-order chi connectivity index (χ1) is 9.52. The molecule has 0 saturated heterocycles. The molecule has 0 aliphatic carbocycles. The van der Waals surface area contributed by atoms with Gasteiger partial charge in [-0.05, 0) is 36.8 Å². The summed E-state index contributed by atoms with van der Waals surface area (Å²) >= 11 is 11.9. The first kappa shape index (κ1) is 14.7. The van der Waals surface area contributed by atoms with Crippen LogP contribution in [0.4, 0.5) is 5.69 Å². The van der Waals surface area contributed by atoms with Gasteiger partial charge in [-0.1, -0.05) is 35.3 Å². The molecule has 0 saturated carbocycles. The normalized spacial score (nSPS) is 10.2. The lowest BCUT2D eigenvalue weighted by atomic mass is 10.1. The quantitative estimate of drug-likeness (QED) is 0.902. The maximum absolute atomic E-state index is 12.3. The minimum atomic E-state index is -0.283. The van der Waals surface area contributed by atoms with Crippen LogP contribution in [0.25, 0.3) is 0 Å². The van der Waals surface area contributed by atoms with Crippen LogP contribution >= 0.6 is 23.2 Å². The van der Waals surface area contributed by atoms with Crippen LogP contribution in [0.3, 0.4) is 0 Å². The minimum absolute atomic E-state index is 0.283. The molecule has 0 spiro atoms. The van der Waals surface area contributed by atoms with Crippen LogP contribution in [-0.4, -0.2) is 13.0 Å². The first-order valence-electron chi connectivity index (χ1n) is 5.93. The SMILES string of the molecule is COc1c(C)cccc1C(=O)Nc1ccc(Cl)cc1Cl. The van der Waals surface area contributed by atoms with Crippen molar-refractivity contribution in [2.45, 2.75) is 6.92 Å². The number of methoxy groups -OCH3 is 1. The molecule has 0 radical (unpaired) electrons. The van der Waals surface area contributed by atoms with Crippen LogP contribution < -0.4 is 10.1 Å². The maximum atomic E-state index is 12.3. The van der Waals surface area contributed by atoms with Crippen LogP contribution in [-0.2, 0) is 0 Å². The number of carbonyl (C=O) groups is 1. The highest BCUT2D eigenvalue weighted by molar-refractivity contribution is 6.36. The van der Waals surface area contributed by atoms with Crippen LogP contribution in [0.15, 0.2) is 36.4 Å². The highest BCUT2D eigenvalue weighted by Gasteiger charge is 2.15. The van der Waals surface area contributed by atoms with Crippen molar-refractivity contribution in [1.29, 1.82) is 0 Å². The van der Waals surface area contributed by atoms with E-state index >= 15 is 0 Å². The fraction of sp³-hybridized carbons (Fsp3) is 0.133. The summed E-state index contributed by atoms with van der Waals surface area (Å²) in [7, 11) is 1.54. The second-order valence-electron chi connectivity index (χ2n) is 4.23. The second-order valence-corrected chi connectivity index (χ2v) is 5.08. The topological polar surface area (TPSA) is 38.3 Å². The summed E-state index contributed by atoms with van der Waals surface area (Å²) in [4.78, 5) is 12.3. The minimum Gasteiger partial charge on any atom is -0.496 e. The smallest absolute Gasteiger partial charge is 0.259 e. The Morgan fingerprint density at radius 1 is 1.20 bits per heavy atom. The Morgan fingerprint density at radius 3 is 2.60 bits per heavy atom. The van der Waals surface area contributed by atoms with Gasteiger partial charge in [0.15, 0.2) is 0 Å². The van der Waals surface area contributed by atoms with Gasteiger partial charge in [0.2, 0.25) is 0 Å². The fourth-order valence-electron chi connectivity index (χ4n) is 1.88. The van der Waals surface area contributed by atoms with Crippen molar-refractivity contribution < 1.29 is 9.53 Å². The maximum Gasteiger partial charge on any atom is 0.259 e. The summed E-state index contributed by atoms with van der Waals surface area (Å²) in [5.41, 5.74) is 1.85. The summed E-state index contributed by atoms with van der Waals surface area (Å²) in [6.45, 7) is 1.88. The third-order valence-corrected chi connectivity index (χ3v) is 3.39. The summed E-state index contributed by atoms with van der Waals surface area (Å²) in [6.07, 6.45) is 0. The average molecular weight is 310 g/mol. The van der Waals surface area contributed by atoms with E-state index in [-0.39, 0.29) is 5.91 Å². The highest BCUT2D eigenvalue weighted by atomic mass is 35.5. The molecule has 0 aromatic heterocycles. The number of halogens is 2. The zero-order valence-corrected chi connectivity index (χ0v) is 12.5. The van der Waals surface area contributed by atoms with Crippen LogP contribution in [0.1, 0.15) is 15.9 Å². The molecule has 2 aromatic rings. The van der Waals surface area contributed by atoms with Crippen molar-refractivity contribution in [3.05, 3.63) is 57.6 Å². The molecule has 0 atom stereocenters. The van der Waals surface area contributed by atoms with Crippen molar-refractivity contribution in [2.24, 2.45) is 0 Å². The van der Waals surface area contributed by atoms with Crippen LogP contribution in [0.5, 0.6) is 5.75 Å². The van der Waals surface area contributed by atoms with E-state index in [1.807, 2.05) is 13.0 Å². The van der Waals surface area contributed by atoms with Gasteiger partial charge in [-0.3, -0.25) is 4.79 Å². The van der Waals surface area contributed by atoms with Gasteiger partial charge in [0.25, 0.3) is 5.91 Å². The summed E-state index contributed by atoms with van der Waals surface area (Å²) in [5, 5.41) is 3.65. The standard InChI is InChI=1S/C15H13Cl2NO2/c1-9-4-3-5-11(14(9)20-2)15(19)18-13-7-6-10(16)8-12(13)17/h3-8H,1-2H3,(H,18,19). The first-order valence-corrected chi connectivity index (χ1v) is 6.68. The van der Waals surface area contributed by atoms with Crippen molar-refractivity contribution in [3.8, 4) is 5.75 Å². The number of hydrogen-bond donors (Lipinski definition) is 1. The number of anilines is 1. The predicted molar refractivity (Wildman–Crippen MR) is 82.1 cm³/mol. The molecule has 1 amide bonds. The Labute approximate surface area is 127 Å². The largest absolute Gasteiger partial charge is 0.496 e. The molecule has 5 heteroatoms. The molecule has 0 fully saturated rings. The molecular formula is C15H13Cl2NO2. The number of hydrogen-bond acceptors (Lipinski definition) is 2. The number of para-hydroxylation sites is 1. The summed E-state index contributed by atoms with van der Waals surface area (Å²) in [5.74, 6) is 0.268. The van der Waals surface area contributed by atoms with Gasteiger partial charge < -0.3 is 10.1 Å². The lowest BCUT2D eigenvalue weighted by Gasteiger charge is -2.12. The molecule has 0 aliphatic heterocycles. The van der Waals surface area contributed by atoms with E-state index in [9.17, 15) is 4.79 Å². The average Bonchev–Trinajstić information content (AvgIpc) is 2.41. The number of aryl methyl sites for hydroxylation is 1. The highest BCUT2D eigenvalue weighted by Crippen LogP contribution is 2.28. The third-order valence-electron chi connectivity index (χ3n) is 2.84. The van der Waals surface area contributed by atoms with E-state index in [0.29, 0.717) is 27.0 Å². The van der Waals surface area contributed by atoms with E-state index in [2.05, 4.69) is 5.32 Å². The third kappa shape index (κ3) is 3.06. The molecule has 0 unspecified atom stereocenters.